The van der Waals surface area contributed by atoms with Crippen molar-refractivity contribution in [2.45, 2.75) is 24.4 Å². The summed E-state index contributed by atoms with van der Waals surface area (Å²) in [7, 11) is -2.75. The molecular formula is C25H25BrFN3O4S. The number of nitrogens with one attached hydrogen (secondary N) is 1. The molecular weight excluding hydrogens is 537 g/mol. The van der Waals surface area contributed by atoms with Gasteiger partial charge < -0.3 is 10.2 Å². The van der Waals surface area contributed by atoms with Gasteiger partial charge in [-0.05, 0) is 61.0 Å². The number of sulfonamides is 1. The molecule has 0 radical (unpaired) electrons. The summed E-state index contributed by atoms with van der Waals surface area (Å²) in [5.41, 5.74) is 1.02. The predicted octanol–water partition coefficient (Wildman–Crippen LogP) is 3.95. The van der Waals surface area contributed by atoms with Crippen molar-refractivity contribution >= 4 is 43.5 Å². The van der Waals surface area contributed by atoms with Crippen molar-refractivity contribution in [1.82, 2.24) is 10.2 Å². The Balaban J connectivity index is 2.00. The lowest BCUT2D eigenvalue weighted by atomic mass is 10.1. The zero-order chi connectivity index (χ0) is 25.6. The molecule has 0 spiro atoms. The molecule has 3 aromatic rings. The van der Waals surface area contributed by atoms with Crippen LogP contribution < -0.4 is 9.62 Å². The summed E-state index contributed by atoms with van der Waals surface area (Å²) in [6.07, 6.45) is 0. The number of benzene rings is 3. The highest BCUT2D eigenvalue weighted by atomic mass is 79.9. The Bertz CT molecular complexity index is 1290. The van der Waals surface area contributed by atoms with Gasteiger partial charge in [-0.3, -0.25) is 13.9 Å². The molecule has 0 aliphatic carbocycles. The molecule has 0 saturated heterocycles. The second kappa shape index (κ2) is 11.5. The van der Waals surface area contributed by atoms with Crippen molar-refractivity contribution in [1.29, 1.82) is 0 Å². The van der Waals surface area contributed by atoms with E-state index < -0.39 is 34.3 Å². The average molecular weight is 562 g/mol. The van der Waals surface area contributed by atoms with Gasteiger partial charge in [-0.1, -0.05) is 46.3 Å². The quantitative estimate of drug-likeness (QED) is 0.428. The maximum absolute atomic E-state index is 13.6. The fourth-order valence-corrected chi connectivity index (χ4v) is 5.34. The molecule has 3 rings (SSSR count). The van der Waals surface area contributed by atoms with Gasteiger partial charge in [-0.25, -0.2) is 12.8 Å². The summed E-state index contributed by atoms with van der Waals surface area (Å²) in [6.45, 7) is 1.11. The minimum atomic E-state index is -4.22. The normalized spacial score (nSPS) is 12.0. The maximum Gasteiger partial charge on any atom is 0.264 e. The van der Waals surface area contributed by atoms with Crippen LogP contribution in [0.5, 0.6) is 0 Å². The molecule has 0 aliphatic heterocycles. The summed E-state index contributed by atoms with van der Waals surface area (Å²) in [5, 5.41) is 2.53. The molecule has 1 N–H and O–H groups in total. The van der Waals surface area contributed by atoms with Crippen LogP contribution in [0.3, 0.4) is 0 Å². The Kier molecular flexibility index (Phi) is 8.63. The van der Waals surface area contributed by atoms with E-state index >= 15 is 0 Å². The maximum atomic E-state index is 13.6. The van der Waals surface area contributed by atoms with E-state index in [9.17, 15) is 22.4 Å². The summed E-state index contributed by atoms with van der Waals surface area (Å²) in [5.74, 6) is -1.54. The third kappa shape index (κ3) is 6.46. The van der Waals surface area contributed by atoms with Crippen molar-refractivity contribution in [3.05, 3.63) is 94.7 Å². The third-order valence-corrected chi connectivity index (χ3v) is 7.66. The standard InChI is InChI=1S/C25H25BrFN3O4S/c1-18(25(32)28-2)29(16-19-7-6-8-20(26)15-19)24(31)17-30(22-9-4-3-5-10-22)35(33,34)23-13-11-21(27)12-14-23/h3-15,18H,16-17H2,1-2H3,(H,28,32)/t18-/m1/s1. The molecule has 0 heterocycles. The van der Waals surface area contributed by atoms with Gasteiger partial charge in [0.2, 0.25) is 11.8 Å². The zero-order valence-corrected chi connectivity index (χ0v) is 21.6. The number of likely N-dealkylation sites (N-methyl/N-ethyl adjacent to an activating group) is 1. The first-order valence-electron chi connectivity index (χ1n) is 10.7. The number of hydrogen-bond acceptors (Lipinski definition) is 4. The van der Waals surface area contributed by atoms with Crippen LogP contribution in [0, 0.1) is 5.82 Å². The van der Waals surface area contributed by atoms with Gasteiger partial charge in [0.05, 0.1) is 10.6 Å². The second-order valence-electron chi connectivity index (χ2n) is 7.74. The van der Waals surface area contributed by atoms with Crippen LogP contribution in [-0.4, -0.2) is 44.8 Å². The summed E-state index contributed by atoms with van der Waals surface area (Å²) < 4.78 is 42.2. The Morgan fingerprint density at radius 1 is 1.00 bits per heavy atom. The molecule has 10 heteroatoms. The number of rotatable bonds is 9. The van der Waals surface area contributed by atoms with E-state index in [0.717, 1.165) is 38.6 Å². The summed E-state index contributed by atoms with van der Waals surface area (Å²) in [6, 6.07) is 19.0. The number of para-hydroxylation sites is 1. The molecule has 3 aromatic carbocycles. The number of carbonyl (C=O) groups excluding carboxylic acids is 2. The Morgan fingerprint density at radius 3 is 2.26 bits per heavy atom. The van der Waals surface area contributed by atoms with E-state index in [4.69, 9.17) is 0 Å². The van der Waals surface area contributed by atoms with Gasteiger partial charge in [-0.15, -0.1) is 0 Å². The van der Waals surface area contributed by atoms with Gasteiger partial charge in [0.25, 0.3) is 10.0 Å². The van der Waals surface area contributed by atoms with Gasteiger partial charge >= 0.3 is 0 Å². The Morgan fingerprint density at radius 2 is 1.66 bits per heavy atom. The predicted molar refractivity (Wildman–Crippen MR) is 136 cm³/mol. The second-order valence-corrected chi connectivity index (χ2v) is 10.5. The van der Waals surface area contributed by atoms with Crippen molar-refractivity contribution in [2.75, 3.05) is 17.9 Å². The van der Waals surface area contributed by atoms with Crippen molar-refractivity contribution in [2.24, 2.45) is 0 Å². The zero-order valence-electron chi connectivity index (χ0n) is 19.2. The van der Waals surface area contributed by atoms with Crippen LogP contribution in [0.1, 0.15) is 12.5 Å². The van der Waals surface area contributed by atoms with Crippen molar-refractivity contribution in [3.8, 4) is 0 Å². The number of amides is 2. The number of hydrogen-bond donors (Lipinski definition) is 1. The molecule has 0 aliphatic rings. The van der Waals surface area contributed by atoms with Crippen LogP contribution >= 0.6 is 15.9 Å². The van der Waals surface area contributed by atoms with Crippen LogP contribution in [0.4, 0.5) is 10.1 Å². The monoisotopic (exact) mass is 561 g/mol. The first-order valence-corrected chi connectivity index (χ1v) is 13.0. The summed E-state index contributed by atoms with van der Waals surface area (Å²) in [4.78, 5) is 27.2. The lowest BCUT2D eigenvalue weighted by molar-refractivity contribution is -0.139. The highest BCUT2D eigenvalue weighted by Gasteiger charge is 2.32. The van der Waals surface area contributed by atoms with Crippen LogP contribution in [-0.2, 0) is 26.2 Å². The smallest absolute Gasteiger partial charge is 0.264 e. The van der Waals surface area contributed by atoms with Crippen LogP contribution in [0.25, 0.3) is 0 Å². The van der Waals surface area contributed by atoms with Crippen LogP contribution in [0.15, 0.2) is 88.2 Å². The first-order chi connectivity index (χ1) is 16.6. The lowest BCUT2D eigenvalue weighted by Gasteiger charge is -2.31. The lowest BCUT2D eigenvalue weighted by Crippen LogP contribution is -2.50. The fraction of sp³-hybridized carbons (Fsp3) is 0.200. The minimum absolute atomic E-state index is 0.0894. The number of anilines is 1. The minimum Gasteiger partial charge on any atom is -0.357 e. The van der Waals surface area contributed by atoms with E-state index in [2.05, 4.69) is 21.2 Å². The topological polar surface area (TPSA) is 86.8 Å². The van der Waals surface area contributed by atoms with Gasteiger partial charge in [0.15, 0.2) is 0 Å². The van der Waals surface area contributed by atoms with Crippen molar-refractivity contribution < 1.29 is 22.4 Å². The molecule has 2 amide bonds. The largest absolute Gasteiger partial charge is 0.357 e. The molecule has 0 fully saturated rings. The molecule has 7 nitrogen and oxygen atoms in total. The molecule has 0 unspecified atom stereocenters. The molecule has 184 valence electrons. The first kappa shape index (κ1) is 26.4. The molecule has 0 aromatic heterocycles. The molecule has 0 saturated carbocycles. The highest BCUT2D eigenvalue weighted by molar-refractivity contribution is 9.10. The molecule has 0 bridgehead atoms. The highest BCUT2D eigenvalue weighted by Crippen LogP contribution is 2.25. The van der Waals surface area contributed by atoms with E-state index in [0.29, 0.717) is 0 Å². The van der Waals surface area contributed by atoms with Gasteiger partial charge in [-0.2, -0.15) is 0 Å². The third-order valence-electron chi connectivity index (χ3n) is 5.38. The number of nitrogens with zero attached hydrogens (tertiary/aromatic N) is 2. The number of halogens is 2. The SMILES string of the molecule is CNC(=O)[C@@H](C)N(Cc1cccc(Br)c1)C(=O)CN(c1ccccc1)S(=O)(=O)c1ccc(F)cc1. The van der Waals surface area contributed by atoms with E-state index in [1.54, 1.807) is 37.3 Å². The van der Waals surface area contributed by atoms with Crippen molar-refractivity contribution in [3.63, 3.8) is 0 Å². The molecule has 1 atom stereocenters. The summed E-state index contributed by atoms with van der Waals surface area (Å²) >= 11 is 3.40. The Labute approximate surface area is 212 Å². The Hall–Kier alpha value is -3.24. The van der Waals surface area contributed by atoms with Gasteiger partial charge in [0.1, 0.15) is 18.4 Å². The molecule has 35 heavy (non-hydrogen) atoms. The average Bonchev–Trinajstić information content (AvgIpc) is 2.85. The fourth-order valence-electron chi connectivity index (χ4n) is 3.48. The van der Waals surface area contributed by atoms with E-state index in [-0.39, 0.29) is 23.0 Å². The van der Waals surface area contributed by atoms with E-state index in [1.165, 1.54) is 11.9 Å². The van der Waals surface area contributed by atoms with Gasteiger partial charge in [0, 0.05) is 18.1 Å². The van der Waals surface area contributed by atoms with Crippen LogP contribution in [0.2, 0.25) is 0 Å². The van der Waals surface area contributed by atoms with E-state index in [1.807, 2.05) is 24.3 Å². The number of carbonyl (C=O) groups is 2.